The van der Waals surface area contributed by atoms with Crippen molar-refractivity contribution >= 4 is 52.3 Å². The quantitative estimate of drug-likeness (QED) is 0.639. The molecule has 0 spiro atoms. The number of para-hydroxylation sites is 1. The van der Waals surface area contributed by atoms with Gasteiger partial charge in [0.25, 0.3) is 5.91 Å². The summed E-state index contributed by atoms with van der Waals surface area (Å²) in [5, 5.41) is 13.2. The van der Waals surface area contributed by atoms with Gasteiger partial charge in [0.05, 0.1) is 21.6 Å². The molecule has 160 valence electrons. The molecule has 1 aliphatic rings. The Morgan fingerprint density at radius 3 is 2.40 bits per heavy atom. The fourth-order valence-corrected chi connectivity index (χ4v) is 4.08. The number of nitrogens with one attached hydrogen (secondary N) is 1. The zero-order valence-electron chi connectivity index (χ0n) is 16.4. The van der Waals surface area contributed by atoms with E-state index >= 15 is 0 Å². The average molecular weight is 471 g/mol. The lowest BCUT2D eigenvalue weighted by Gasteiger charge is -2.34. The molecular weight excluding hydrogens is 449 g/mol. The number of halogens is 3. The van der Waals surface area contributed by atoms with Crippen molar-refractivity contribution in [2.24, 2.45) is 0 Å². The van der Waals surface area contributed by atoms with Gasteiger partial charge in [-0.25, -0.2) is 0 Å². The Hall–Kier alpha value is -1.99. The molecule has 9 heteroatoms. The van der Waals surface area contributed by atoms with Crippen LogP contribution in [0.25, 0.3) is 0 Å². The molecule has 2 N–H and O–H groups in total. The molecule has 2 amide bonds. The Morgan fingerprint density at radius 1 is 1.07 bits per heavy atom. The number of rotatable bonds is 5. The zero-order chi connectivity index (χ0) is 21.8. The fourth-order valence-electron chi connectivity index (χ4n) is 3.39. The molecular formula is C21H22Cl3N3O3. The number of aryl methyl sites for hydroxylation is 1. The molecule has 1 saturated heterocycles. The van der Waals surface area contributed by atoms with Crippen molar-refractivity contribution in [1.82, 2.24) is 9.80 Å². The van der Waals surface area contributed by atoms with Crippen molar-refractivity contribution in [3.63, 3.8) is 0 Å². The summed E-state index contributed by atoms with van der Waals surface area (Å²) in [4.78, 5) is 28.8. The maximum atomic E-state index is 12.9. The van der Waals surface area contributed by atoms with Gasteiger partial charge in [-0.05, 0) is 24.1 Å². The molecule has 2 aromatic carbocycles. The van der Waals surface area contributed by atoms with Crippen LogP contribution < -0.4 is 5.32 Å². The Kier molecular flexibility index (Phi) is 7.47. The SMILES string of the molecule is CCc1ccccc1NC(=O)CN1CCN(C(=O)c2c(O)c(Cl)cc(Cl)c2Cl)CC1. The highest BCUT2D eigenvalue weighted by Crippen LogP contribution is 2.39. The van der Waals surface area contributed by atoms with Crippen LogP contribution in [0.1, 0.15) is 22.8 Å². The van der Waals surface area contributed by atoms with Gasteiger partial charge in [-0.3, -0.25) is 14.5 Å². The van der Waals surface area contributed by atoms with E-state index in [2.05, 4.69) is 5.32 Å². The van der Waals surface area contributed by atoms with Gasteiger partial charge in [-0.15, -0.1) is 0 Å². The summed E-state index contributed by atoms with van der Waals surface area (Å²) < 4.78 is 0. The Morgan fingerprint density at radius 2 is 1.73 bits per heavy atom. The van der Waals surface area contributed by atoms with E-state index in [0.717, 1.165) is 17.7 Å². The number of carbonyl (C=O) groups is 2. The first-order valence-electron chi connectivity index (χ1n) is 9.57. The van der Waals surface area contributed by atoms with Crippen LogP contribution in [0.4, 0.5) is 5.69 Å². The number of benzene rings is 2. The molecule has 30 heavy (non-hydrogen) atoms. The highest BCUT2D eigenvalue weighted by atomic mass is 35.5. The molecule has 6 nitrogen and oxygen atoms in total. The van der Waals surface area contributed by atoms with Gasteiger partial charge in [-0.2, -0.15) is 0 Å². The van der Waals surface area contributed by atoms with E-state index in [9.17, 15) is 14.7 Å². The minimum atomic E-state index is -0.442. The van der Waals surface area contributed by atoms with Gasteiger partial charge in [0, 0.05) is 31.9 Å². The predicted molar refractivity (Wildman–Crippen MR) is 120 cm³/mol. The first-order chi connectivity index (χ1) is 14.3. The predicted octanol–water partition coefficient (Wildman–Crippen LogP) is 4.31. The average Bonchev–Trinajstić information content (AvgIpc) is 2.73. The molecule has 0 aliphatic carbocycles. The third-order valence-electron chi connectivity index (χ3n) is 5.06. The lowest BCUT2D eigenvalue weighted by atomic mass is 10.1. The van der Waals surface area contributed by atoms with Gasteiger partial charge < -0.3 is 15.3 Å². The third kappa shape index (κ3) is 5.01. The van der Waals surface area contributed by atoms with Crippen LogP contribution in [0.15, 0.2) is 30.3 Å². The lowest BCUT2D eigenvalue weighted by molar-refractivity contribution is -0.117. The number of nitrogens with zero attached hydrogens (tertiary/aromatic N) is 2. The van der Waals surface area contributed by atoms with Crippen molar-refractivity contribution < 1.29 is 14.7 Å². The Labute approximate surface area is 190 Å². The molecule has 0 unspecified atom stereocenters. The van der Waals surface area contributed by atoms with E-state index in [0.29, 0.717) is 26.2 Å². The minimum absolute atomic E-state index is 0.0278. The normalized spacial score (nSPS) is 14.6. The lowest BCUT2D eigenvalue weighted by Crippen LogP contribution is -2.50. The fraction of sp³-hybridized carbons (Fsp3) is 0.333. The van der Waals surface area contributed by atoms with Crippen LogP contribution >= 0.6 is 34.8 Å². The van der Waals surface area contributed by atoms with Crippen LogP contribution in [0.3, 0.4) is 0 Å². The van der Waals surface area contributed by atoms with Crippen LogP contribution in [0.5, 0.6) is 5.75 Å². The van der Waals surface area contributed by atoms with E-state index in [4.69, 9.17) is 34.8 Å². The highest BCUT2D eigenvalue weighted by molar-refractivity contribution is 6.45. The van der Waals surface area contributed by atoms with Gasteiger partial charge in [-0.1, -0.05) is 59.9 Å². The number of amides is 2. The topological polar surface area (TPSA) is 72.9 Å². The number of anilines is 1. The van der Waals surface area contributed by atoms with Gasteiger partial charge >= 0.3 is 0 Å². The molecule has 0 saturated carbocycles. The van der Waals surface area contributed by atoms with E-state index in [-0.39, 0.29) is 38.8 Å². The summed E-state index contributed by atoms with van der Waals surface area (Å²) in [6.45, 7) is 4.07. The third-order valence-corrected chi connectivity index (χ3v) is 6.13. The number of phenolic OH excluding ortho intramolecular Hbond substituents is 1. The number of aromatic hydroxyl groups is 1. The molecule has 0 radical (unpaired) electrons. The maximum absolute atomic E-state index is 12.9. The molecule has 0 aromatic heterocycles. The second-order valence-corrected chi connectivity index (χ2v) is 8.20. The maximum Gasteiger partial charge on any atom is 0.259 e. The van der Waals surface area contributed by atoms with Crippen molar-refractivity contribution in [2.75, 3.05) is 38.0 Å². The first-order valence-corrected chi connectivity index (χ1v) is 10.7. The van der Waals surface area contributed by atoms with E-state index in [1.165, 1.54) is 6.07 Å². The number of hydrogen-bond donors (Lipinski definition) is 2. The van der Waals surface area contributed by atoms with Crippen LogP contribution in [0, 0.1) is 0 Å². The molecule has 1 aliphatic heterocycles. The van der Waals surface area contributed by atoms with E-state index < -0.39 is 5.91 Å². The van der Waals surface area contributed by atoms with E-state index in [1.807, 2.05) is 36.1 Å². The van der Waals surface area contributed by atoms with Gasteiger partial charge in [0.2, 0.25) is 5.91 Å². The van der Waals surface area contributed by atoms with Crippen LogP contribution in [0.2, 0.25) is 15.1 Å². The number of piperazine rings is 1. The monoisotopic (exact) mass is 469 g/mol. The van der Waals surface area contributed by atoms with Crippen molar-refractivity contribution in [2.45, 2.75) is 13.3 Å². The molecule has 3 rings (SSSR count). The van der Waals surface area contributed by atoms with Gasteiger partial charge in [0.1, 0.15) is 11.3 Å². The van der Waals surface area contributed by atoms with Gasteiger partial charge in [0.15, 0.2) is 0 Å². The summed E-state index contributed by atoms with van der Waals surface area (Å²) in [5.74, 6) is -0.923. The zero-order valence-corrected chi connectivity index (χ0v) is 18.7. The molecule has 1 fully saturated rings. The van der Waals surface area contributed by atoms with Crippen LogP contribution in [-0.4, -0.2) is 59.4 Å². The standard InChI is InChI=1S/C21H22Cl3N3O3/c1-2-13-5-3-4-6-16(13)25-17(28)12-26-7-9-27(10-8-26)21(30)18-19(24)14(22)11-15(23)20(18)29/h3-6,11,29H,2,7-10,12H2,1H3,(H,25,28). The smallest absolute Gasteiger partial charge is 0.259 e. The van der Waals surface area contributed by atoms with Crippen LogP contribution in [-0.2, 0) is 11.2 Å². The Bertz CT molecular complexity index is 934. The van der Waals surface area contributed by atoms with Crippen molar-refractivity contribution in [3.8, 4) is 5.75 Å². The molecule has 1 heterocycles. The number of carbonyl (C=O) groups excluding carboxylic acids is 2. The second-order valence-electron chi connectivity index (χ2n) is 7.01. The molecule has 0 bridgehead atoms. The summed E-state index contributed by atoms with van der Waals surface area (Å²) in [7, 11) is 0. The Balaban J connectivity index is 1.59. The van der Waals surface area contributed by atoms with Crippen molar-refractivity contribution in [1.29, 1.82) is 0 Å². The largest absolute Gasteiger partial charge is 0.505 e. The second kappa shape index (κ2) is 9.88. The summed E-state index contributed by atoms with van der Waals surface area (Å²) in [6.07, 6.45) is 0.833. The minimum Gasteiger partial charge on any atom is -0.505 e. The summed E-state index contributed by atoms with van der Waals surface area (Å²) in [6, 6.07) is 9.01. The number of phenols is 1. The van der Waals surface area contributed by atoms with E-state index in [1.54, 1.807) is 4.90 Å². The molecule has 2 aromatic rings. The first kappa shape index (κ1) is 22.7. The van der Waals surface area contributed by atoms with Crippen molar-refractivity contribution in [3.05, 3.63) is 56.5 Å². The number of hydrogen-bond acceptors (Lipinski definition) is 4. The molecule has 0 atom stereocenters. The summed E-state index contributed by atoms with van der Waals surface area (Å²) in [5.41, 5.74) is 1.80. The highest BCUT2D eigenvalue weighted by Gasteiger charge is 2.28. The summed E-state index contributed by atoms with van der Waals surface area (Å²) >= 11 is 18.0.